The van der Waals surface area contributed by atoms with E-state index in [1.807, 2.05) is 0 Å². The summed E-state index contributed by atoms with van der Waals surface area (Å²) in [6.45, 7) is 1.37. The van der Waals surface area contributed by atoms with Gasteiger partial charge in [-0.05, 0) is 19.1 Å². The molecule has 8 heteroatoms. The molecule has 0 bridgehead atoms. The van der Waals surface area contributed by atoms with Crippen molar-refractivity contribution in [3.63, 3.8) is 0 Å². The monoisotopic (exact) mass is 281 g/mol. The van der Waals surface area contributed by atoms with E-state index in [0.717, 1.165) is 11.8 Å². The van der Waals surface area contributed by atoms with Gasteiger partial charge in [0.1, 0.15) is 5.51 Å². The molecule has 0 unspecified atom stereocenters. The summed E-state index contributed by atoms with van der Waals surface area (Å²) in [5, 5.41) is 18.4. The van der Waals surface area contributed by atoms with Gasteiger partial charge in [-0.25, -0.2) is 0 Å². The molecule has 0 saturated carbocycles. The van der Waals surface area contributed by atoms with E-state index in [9.17, 15) is 14.9 Å². The third-order valence-corrected chi connectivity index (χ3v) is 3.94. The average molecular weight is 281 g/mol. The van der Waals surface area contributed by atoms with Crippen LogP contribution >= 0.6 is 23.1 Å². The summed E-state index contributed by atoms with van der Waals surface area (Å²) in [7, 11) is 0. The molecule has 0 radical (unpaired) electrons. The number of carbonyl (C=O) groups excluding carboxylic acids is 1. The van der Waals surface area contributed by atoms with Crippen LogP contribution in [0, 0.1) is 10.1 Å². The number of aromatic nitrogens is 2. The fourth-order valence-corrected chi connectivity index (χ4v) is 2.79. The number of nitro groups is 1. The summed E-state index contributed by atoms with van der Waals surface area (Å²) < 4.78 is 0.619. The quantitative estimate of drug-likeness (QED) is 0.486. The van der Waals surface area contributed by atoms with Crippen molar-refractivity contribution in [1.29, 1.82) is 0 Å². The van der Waals surface area contributed by atoms with Crippen LogP contribution < -0.4 is 0 Å². The number of hydrogen-bond donors (Lipinski definition) is 0. The molecule has 1 heterocycles. The second-order valence-electron chi connectivity index (χ2n) is 3.30. The summed E-state index contributed by atoms with van der Waals surface area (Å²) in [5.74, 6) is -0.203. The van der Waals surface area contributed by atoms with Gasteiger partial charge >= 0.3 is 0 Å². The van der Waals surface area contributed by atoms with Crippen molar-refractivity contribution >= 4 is 34.6 Å². The minimum absolute atomic E-state index is 0.0945. The first-order chi connectivity index (χ1) is 8.58. The minimum Gasteiger partial charge on any atom is -0.295 e. The Morgan fingerprint density at radius 3 is 2.83 bits per heavy atom. The van der Waals surface area contributed by atoms with Crippen LogP contribution in [0.4, 0.5) is 5.69 Å². The average Bonchev–Trinajstić information content (AvgIpc) is 2.81. The number of rotatable bonds is 4. The van der Waals surface area contributed by atoms with Gasteiger partial charge in [0, 0.05) is 11.6 Å². The third-order valence-electron chi connectivity index (χ3n) is 2.10. The molecule has 0 N–H and O–H groups in total. The van der Waals surface area contributed by atoms with Gasteiger partial charge in [0.25, 0.3) is 5.69 Å². The van der Waals surface area contributed by atoms with E-state index in [2.05, 4.69) is 10.2 Å². The molecular formula is C10H7N3O3S2. The number of Topliss-reactive ketones (excluding diaryl/α,β-unsaturated/α-hetero) is 1. The van der Waals surface area contributed by atoms with E-state index >= 15 is 0 Å². The molecule has 0 aliphatic rings. The van der Waals surface area contributed by atoms with E-state index in [1.165, 1.54) is 24.3 Å². The molecule has 2 rings (SSSR count). The molecule has 0 atom stereocenters. The topological polar surface area (TPSA) is 86.0 Å². The van der Waals surface area contributed by atoms with E-state index in [-0.39, 0.29) is 11.5 Å². The minimum atomic E-state index is -0.504. The smallest absolute Gasteiger partial charge is 0.284 e. The van der Waals surface area contributed by atoms with Gasteiger partial charge < -0.3 is 0 Å². The van der Waals surface area contributed by atoms with Gasteiger partial charge in [-0.1, -0.05) is 23.1 Å². The number of hydrogen-bond acceptors (Lipinski definition) is 7. The van der Waals surface area contributed by atoms with Gasteiger partial charge in [0.05, 0.1) is 9.82 Å². The fourth-order valence-electron chi connectivity index (χ4n) is 1.27. The van der Waals surface area contributed by atoms with Crippen molar-refractivity contribution in [2.24, 2.45) is 0 Å². The maximum Gasteiger partial charge on any atom is 0.284 e. The molecule has 1 aromatic heterocycles. The first-order valence-corrected chi connectivity index (χ1v) is 6.51. The summed E-state index contributed by atoms with van der Waals surface area (Å²) in [6, 6.07) is 4.41. The van der Waals surface area contributed by atoms with Crippen molar-refractivity contribution in [2.75, 3.05) is 0 Å². The Morgan fingerprint density at radius 1 is 1.50 bits per heavy atom. The van der Waals surface area contributed by atoms with Crippen molar-refractivity contribution in [3.8, 4) is 0 Å². The van der Waals surface area contributed by atoms with Crippen LogP contribution in [-0.2, 0) is 0 Å². The molecule has 0 fully saturated rings. The summed E-state index contributed by atoms with van der Waals surface area (Å²) in [5.41, 5.74) is 1.78. The van der Waals surface area contributed by atoms with E-state index in [0.29, 0.717) is 14.8 Å². The van der Waals surface area contributed by atoms with Crippen LogP contribution in [0.1, 0.15) is 17.3 Å². The molecule has 2 aromatic rings. The number of benzene rings is 1. The standard InChI is InChI=1S/C10H7N3O3S2/c1-6(14)7-2-3-9(8(4-7)13(15)16)18-10-12-11-5-17-10/h2-5H,1H3. The maximum atomic E-state index is 11.2. The Hall–Kier alpha value is -1.80. The lowest BCUT2D eigenvalue weighted by Crippen LogP contribution is -1.96. The first-order valence-electron chi connectivity index (χ1n) is 4.81. The first kappa shape index (κ1) is 12.7. The number of ketones is 1. The molecule has 18 heavy (non-hydrogen) atoms. The maximum absolute atomic E-state index is 11.2. The van der Waals surface area contributed by atoms with E-state index < -0.39 is 4.92 Å². The predicted molar refractivity (Wildman–Crippen MR) is 67.1 cm³/mol. The SMILES string of the molecule is CC(=O)c1ccc(Sc2nncs2)c([N+](=O)[O-])c1. The molecule has 0 spiro atoms. The lowest BCUT2D eigenvalue weighted by molar-refractivity contribution is -0.387. The van der Waals surface area contributed by atoms with Crippen molar-refractivity contribution in [1.82, 2.24) is 10.2 Å². The lowest BCUT2D eigenvalue weighted by atomic mass is 10.1. The Morgan fingerprint density at radius 2 is 2.28 bits per heavy atom. The predicted octanol–water partition coefficient (Wildman–Crippen LogP) is 2.80. The Bertz CT molecular complexity index is 598. The number of nitrogens with zero attached hydrogens (tertiary/aromatic N) is 3. The highest BCUT2D eigenvalue weighted by Crippen LogP contribution is 2.35. The van der Waals surface area contributed by atoms with Crippen molar-refractivity contribution in [2.45, 2.75) is 16.2 Å². The highest BCUT2D eigenvalue weighted by atomic mass is 32.2. The fraction of sp³-hybridized carbons (Fsp3) is 0.100. The Labute approximate surface area is 110 Å². The molecule has 0 saturated heterocycles. The third kappa shape index (κ3) is 2.71. The zero-order chi connectivity index (χ0) is 13.1. The zero-order valence-electron chi connectivity index (χ0n) is 9.19. The molecule has 0 amide bonds. The normalized spacial score (nSPS) is 10.3. The lowest BCUT2D eigenvalue weighted by Gasteiger charge is -2.01. The van der Waals surface area contributed by atoms with E-state index in [4.69, 9.17) is 0 Å². The number of nitro benzene ring substituents is 1. The van der Waals surface area contributed by atoms with Crippen LogP contribution in [-0.4, -0.2) is 20.9 Å². The molecule has 6 nitrogen and oxygen atoms in total. The largest absolute Gasteiger partial charge is 0.295 e. The zero-order valence-corrected chi connectivity index (χ0v) is 10.8. The molecule has 92 valence electrons. The Balaban J connectivity index is 2.40. The van der Waals surface area contributed by atoms with Crippen molar-refractivity contribution in [3.05, 3.63) is 39.4 Å². The van der Waals surface area contributed by atoms with Gasteiger partial charge in [0.2, 0.25) is 0 Å². The molecule has 0 aliphatic carbocycles. The van der Waals surface area contributed by atoms with Crippen LogP contribution in [0.2, 0.25) is 0 Å². The highest BCUT2D eigenvalue weighted by Gasteiger charge is 2.18. The summed E-state index contributed by atoms with van der Waals surface area (Å²) in [4.78, 5) is 22.1. The van der Waals surface area contributed by atoms with Gasteiger partial charge in [-0.15, -0.1) is 10.2 Å². The highest BCUT2D eigenvalue weighted by molar-refractivity contribution is 8.01. The van der Waals surface area contributed by atoms with Gasteiger partial charge in [-0.3, -0.25) is 14.9 Å². The number of carbonyl (C=O) groups is 1. The van der Waals surface area contributed by atoms with Crippen LogP contribution in [0.15, 0.2) is 32.9 Å². The Kier molecular flexibility index (Phi) is 3.68. The summed E-state index contributed by atoms with van der Waals surface area (Å²) >= 11 is 2.46. The second-order valence-corrected chi connectivity index (χ2v) is 5.42. The van der Waals surface area contributed by atoms with E-state index in [1.54, 1.807) is 17.6 Å². The van der Waals surface area contributed by atoms with Gasteiger partial charge in [-0.2, -0.15) is 0 Å². The van der Waals surface area contributed by atoms with Gasteiger partial charge in [0.15, 0.2) is 10.1 Å². The second kappa shape index (κ2) is 5.23. The summed E-state index contributed by atoms with van der Waals surface area (Å²) in [6.07, 6.45) is 0. The van der Waals surface area contributed by atoms with Crippen LogP contribution in [0.3, 0.4) is 0 Å². The van der Waals surface area contributed by atoms with Crippen LogP contribution in [0.5, 0.6) is 0 Å². The molecule has 1 aromatic carbocycles. The molecular weight excluding hydrogens is 274 g/mol. The van der Waals surface area contributed by atoms with Crippen molar-refractivity contribution < 1.29 is 9.72 Å². The van der Waals surface area contributed by atoms with Crippen LogP contribution in [0.25, 0.3) is 0 Å². The molecule has 0 aliphatic heterocycles.